The van der Waals surface area contributed by atoms with E-state index >= 15 is 0 Å². The van der Waals surface area contributed by atoms with Gasteiger partial charge in [0.15, 0.2) is 6.10 Å². The minimum Gasteiger partial charge on any atom is -0.378 e. The van der Waals surface area contributed by atoms with Gasteiger partial charge in [0.1, 0.15) is 0 Å². The van der Waals surface area contributed by atoms with Crippen LogP contribution in [0, 0.1) is 0 Å². The summed E-state index contributed by atoms with van der Waals surface area (Å²) in [6.45, 7) is 2.11. The number of aliphatic hydroxyl groups excluding tert-OH is 1. The number of alkyl halides is 3. The Morgan fingerprint density at radius 3 is 2.26 bits per heavy atom. The fourth-order valence-corrected chi connectivity index (χ4v) is 2.10. The first-order valence-corrected chi connectivity index (χ1v) is 5.94. The number of rotatable bonds is 3. The molecule has 0 radical (unpaired) electrons. The second kappa shape index (κ2) is 5.09. The largest absolute Gasteiger partial charge is 0.420 e. The van der Waals surface area contributed by atoms with Crippen molar-refractivity contribution in [2.75, 3.05) is 0 Å². The van der Waals surface area contributed by atoms with E-state index in [2.05, 4.69) is 0 Å². The van der Waals surface area contributed by atoms with Gasteiger partial charge in [-0.25, -0.2) is 0 Å². The van der Waals surface area contributed by atoms with E-state index in [9.17, 15) is 18.3 Å². The average Bonchev–Trinajstić information content (AvgIpc) is 2.81. The monoisotopic (exact) mass is 269 g/mol. The van der Waals surface area contributed by atoms with Crippen LogP contribution in [0.15, 0.2) is 42.5 Å². The number of aromatic nitrogens is 1. The molecule has 0 spiro atoms. The van der Waals surface area contributed by atoms with E-state index in [0.29, 0.717) is 12.2 Å². The van der Waals surface area contributed by atoms with Crippen molar-refractivity contribution in [2.24, 2.45) is 0 Å². The SMILES string of the molecule is CCn1c(-c2ccccc2)ccc1[C@H](O)C(F)(F)F. The predicted octanol–water partition coefficient (Wildman–Crippen LogP) is 3.77. The summed E-state index contributed by atoms with van der Waals surface area (Å²) in [5.74, 6) is 0. The van der Waals surface area contributed by atoms with Crippen molar-refractivity contribution < 1.29 is 18.3 Å². The summed E-state index contributed by atoms with van der Waals surface area (Å²) in [6, 6.07) is 12.1. The zero-order chi connectivity index (χ0) is 14.0. The van der Waals surface area contributed by atoms with Crippen LogP contribution in [0.5, 0.6) is 0 Å². The molecule has 5 heteroatoms. The van der Waals surface area contributed by atoms with Crippen molar-refractivity contribution in [1.29, 1.82) is 0 Å². The third-order valence-electron chi connectivity index (χ3n) is 2.99. The highest BCUT2D eigenvalue weighted by atomic mass is 19.4. The topological polar surface area (TPSA) is 25.2 Å². The predicted molar refractivity (Wildman–Crippen MR) is 66.6 cm³/mol. The van der Waals surface area contributed by atoms with Gasteiger partial charge in [-0.3, -0.25) is 0 Å². The highest BCUT2D eigenvalue weighted by Gasteiger charge is 2.41. The third kappa shape index (κ3) is 2.66. The molecule has 2 nitrogen and oxygen atoms in total. The second-order valence-corrected chi connectivity index (χ2v) is 4.20. The number of aliphatic hydroxyl groups is 1. The Balaban J connectivity index is 2.48. The molecule has 0 fully saturated rings. The Hall–Kier alpha value is -1.75. The molecule has 0 saturated heterocycles. The average molecular weight is 269 g/mol. The van der Waals surface area contributed by atoms with Gasteiger partial charge in [-0.1, -0.05) is 30.3 Å². The molecule has 1 N–H and O–H groups in total. The van der Waals surface area contributed by atoms with Crippen molar-refractivity contribution in [3.05, 3.63) is 48.2 Å². The van der Waals surface area contributed by atoms with Crippen LogP contribution in [0.1, 0.15) is 18.7 Å². The minimum absolute atomic E-state index is 0.131. The van der Waals surface area contributed by atoms with E-state index in [4.69, 9.17) is 0 Å². The molecular weight excluding hydrogens is 255 g/mol. The molecule has 0 amide bonds. The van der Waals surface area contributed by atoms with Crippen molar-refractivity contribution in [1.82, 2.24) is 4.57 Å². The standard InChI is InChI=1S/C14H14F3NO/c1-2-18-11(10-6-4-3-5-7-10)8-9-12(18)13(19)14(15,16)17/h3-9,13,19H,2H2,1H3/t13-/m0/s1. The van der Waals surface area contributed by atoms with E-state index in [1.807, 2.05) is 30.3 Å². The molecule has 0 saturated carbocycles. The maximum absolute atomic E-state index is 12.6. The van der Waals surface area contributed by atoms with Gasteiger partial charge in [0, 0.05) is 12.2 Å². The summed E-state index contributed by atoms with van der Waals surface area (Å²) >= 11 is 0. The van der Waals surface area contributed by atoms with Crippen LogP contribution in [0.25, 0.3) is 11.3 Å². The van der Waals surface area contributed by atoms with Gasteiger partial charge in [0.25, 0.3) is 0 Å². The summed E-state index contributed by atoms with van der Waals surface area (Å²) in [6.07, 6.45) is -7.11. The smallest absolute Gasteiger partial charge is 0.378 e. The van der Waals surface area contributed by atoms with Crippen molar-refractivity contribution in [2.45, 2.75) is 25.7 Å². The van der Waals surface area contributed by atoms with Crippen LogP contribution in [-0.4, -0.2) is 15.8 Å². The molecule has 0 bridgehead atoms. The fraction of sp³-hybridized carbons (Fsp3) is 0.286. The van der Waals surface area contributed by atoms with Gasteiger partial charge in [0.2, 0.25) is 0 Å². The number of hydrogen-bond acceptors (Lipinski definition) is 1. The highest BCUT2D eigenvalue weighted by molar-refractivity contribution is 5.61. The Labute approximate surface area is 109 Å². The van der Waals surface area contributed by atoms with E-state index in [1.165, 1.54) is 10.6 Å². The second-order valence-electron chi connectivity index (χ2n) is 4.20. The zero-order valence-corrected chi connectivity index (χ0v) is 10.4. The lowest BCUT2D eigenvalue weighted by Gasteiger charge is -2.18. The Morgan fingerprint density at radius 2 is 1.74 bits per heavy atom. The van der Waals surface area contributed by atoms with Gasteiger partial charge in [-0.15, -0.1) is 0 Å². The molecule has 2 rings (SSSR count). The molecule has 1 atom stereocenters. The summed E-state index contributed by atoms with van der Waals surface area (Å²) < 4.78 is 39.3. The normalized spacial score (nSPS) is 13.5. The molecular formula is C14H14F3NO. The van der Waals surface area contributed by atoms with Crippen LogP contribution in [0.3, 0.4) is 0 Å². The molecule has 0 unspecified atom stereocenters. The quantitative estimate of drug-likeness (QED) is 0.901. The van der Waals surface area contributed by atoms with E-state index < -0.39 is 12.3 Å². The Kier molecular flexibility index (Phi) is 3.66. The summed E-state index contributed by atoms with van der Waals surface area (Å²) in [4.78, 5) is 0. The minimum atomic E-state index is -4.65. The van der Waals surface area contributed by atoms with Crippen LogP contribution >= 0.6 is 0 Å². The van der Waals surface area contributed by atoms with Crippen LogP contribution in [0.2, 0.25) is 0 Å². The molecule has 2 aromatic rings. The van der Waals surface area contributed by atoms with E-state index in [1.54, 1.807) is 13.0 Å². The molecule has 0 aliphatic rings. The lowest BCUT2D eigenvalue weighted by Crippen LogP contribution is -2.23. The van der Waals surface area contributed by atoms with Gasteiger partial charge in [-0.05, 0) is 24.6 Å². The summed E-state index contributed by atoms with van der Waals surface area (Å²) in [5, 5.41) is 9.38. The first-order chi connectivity index (χ1) is 8.95. The molecule has 1 aromatic heterocycles. The first-order valence-electron chi connectivity index (χ1n) is 5.94. The van der Waals surface area contributed by atoms with E-state index in [0.717, 1.165) is 5.56 Å². The molecule has 1 aromatic carbocycles. The molecule has 1 heterocycles. The maximum Gasteiger partial charge on any atom is 0.420 e. The van der Waals surface area contributed by atoms with Crippen molar-refractivity contribution in [3.63, 3.8) is 0 Å². The Bertz CT molecular complexity index is 546. The van der Waals surface area contributed by atoms with Gasteiger partial charge >= 0.3 is 6.18 Å². The number of halogens is 3. The zero-order valence-electron chi connectivity index (χ0n) is 10.4. The van der Waals surface area contributed by atoms with Gasteiger partial charge in [-0.2, -0.15) is 13.2 Å². The molecule has 102 valence electrons. The highest BCUT2D eigenvalue weighted by Crippen LogP contribution is 2.35. The summed E-state index contributed by atoms with van der Waals surface area (Å²) in [5.41, 5.74) is 1.36. The molecule has 0 aliphatic carbocycles. The van der Waals surface area contributed by atoms with Crippen LogP contribution in [0.4, 0.5) is 13.2 Å². The fourth-order valence-electron chi connectivity index (χ4n) is 2.10. The maximum atomic E-state index is 12.6. The van der Waals surface area contributed by atoms with E-state index in [-0.39, 0.29) is 5.69 Å². The first kappa shape index (κ1) is 13.7. The number of hydrogen-bond donors (Lipinski definition) is 1. The van der Waals surface area contributed by atoms with Gasteiger partial charge < -0.3 is 9.67 Å². The van der Waals surface area contributed by atoms with Crippen molar-refractivity contribution >= 4 is 0 Å². The molecule has 19 heavy (non-hydrogen) atoms. The lowest BCUT2D eigenvalue weighted by atomic mass is 10.1. The van der Waals surface area contributed by atoms with Crippen LogP contribution < -0.4 is 0 Å². The van der Waals surface area contributed by atoms with Crippen LogP contribution in [-0.2, 0) is 6.54 Å². The lowest BCUT2D eigenvalue weighted by molar-refractivity contribution is -0.208. The Morgan fingerprint density at radius 1 is 1.11 bits per heavy atom. The molecule has 0 aliphatic heterocycles. The number of nitrogens with zero attached hydrogens (tertiary/aromatic N) is 1. The third-order valence-corrected chi connectivity index (χ3v) is 2.99. The van der Waals surface area contributed by atoms with Crippen molar-refractivity contribution in [3.8, 4) is 11.3 Å². The summed E-state index contributed by atoms with van der Waals surface area (Å²) in [7, 11) is 0. The number of benzene rings is 1. The van der Waals surface area contributed by atoms with Gasteiger partial charge in [0.05, 0.1) is 5.69 Å².